The number of carbonyl (C=O) groups excluding carboxylic acids is 2. The Morgan fingerprint density at radius 2 is 1.90 bits per heavy atom. The van der Waals surface area contributed by atoms with Crippen LogP contribution in [0.5, 0.6) is 0 Å². The van der Waals surface area contributed by atoms with Crippen molar-refractivity contribution in [2.75, 3.05) is 0 Å². The van der Waals surface area contributed by atoms with Gasteiger partial charge in [-0.3, -0.25) is 4.79 Å². The van der Waals surface area contributed by atoms with Gasteiger partial charge in [-0.05, 0) is 11.5 Å². The third-order valence-electron chi connectivity index (χ3n) is 2.35. The van der Waals surface area contributed by atoms with Gasteiger partial charge in [-0.1, -0.05) is 56.6 Å². The van der Waals surface area contributed by atoms with Gasteiger partial charge in [-0.15, -0.1) is 0 Å². The maximum atomic E-state index is 11.4. The minimum Gasteiger partial charge on any atom is -1.00 e. The van der Waals surface area contributed by atoms with Crippen LogP contribution in [0.3, 0.4) is 0 Å². The number of hydrogen-bond acceptors (Lipinski definition) is 3. The molecule has 0 N–H and O–H groups in total. The van der Waals surface area contributed by atoms with Crippen molar-refractivity contribution in [2.45, 2.75) is 32.9 Å². The Morgan fingerprint density at radius 3 is 2.40 bits per heavy atom. The van der Waals surface area contributed by atoms with Gasteiger partial charge in [0.2, 0.25) is 6.09 Å². The van der Waals surface area contributed by atoms with Crippen LogP contribution in [0.2, 0.25) is 0 Å². The van der Waals surface area contributed by atoms with Gasteiger partial charge in [0.1, 0.15) is 12.9 Å². The van der Waals surface area contributed by atoms with Crippen LogP contribution in [-0.4, -0.2) is 41.5 Å². The van der Waals surface area contributed by atoms with Crippen LogP contribution in [0.4, 0.5) is 4.79 Å². The van der Waals surface area contributed by atoms with Crippen LogP contribution in [0.1, 0.15) is 25.8 Å². The van der Waals surface area contributed by atoms with E-state index in [-0.39, 0.29) is 42.1 Å². The smallest absolute Gasteiger partial charge is 1.00 e. The molecule has 0 aliphatic carbocycles. The summed E-state index contributed by atoms with van der Waals surface area (Å²) >= 11 is 0. The second-order valence-corrected chi connectivity index (χ2v) is 4.50. The zero-order valence-corrected chi connectivity index (χ0v) is 14.0. The number of halogens is 1. The first-order valence-electron chi connectivity index (χ1n) is 5.98. The molecule has 0 bridgehead atoms. The predicted octanol–water partition coefficient (Wildman–Crippen LogP) is -0.0663. The Balaban J connectivity index is 0. The van der Waals surface area contributed by atoms with Crippen molar-refractivity contribution in [2.24, 2.45) is 5.92 Å². The SMILES string of the molecule is CC(C)C[C@@H](C=O)[N-]C(=O)OCc1ccccc1.[Cl-].[Mg+2]. The minimum atomic E-state index is -0.684. The fourth-order valence-electron chi connectivity index (χ4n) is 1.51. The Bertz CT molecular complexity index is 387. The molecule has 0 aliphatic rings. The maximum Gasteiger partial charge on any atom is 2.00 e. The number of amides is 1. The first kappa shape index (κ1) is 21.5. The molecule has 1 amide bonds. The fraction of sp³-hybridized carbons (Fsp3) is 0.429. The molecule has 20 heavy (non-hydrogen) atoms. The maximum absolute atomic E-state index is 11.4. The average molecular weight is 308 g/mol. The number of benzene rings is 1. The monoisotopic (exact) mass is 307 g/mol. The largest absolute Gasteiger partial charge is 2.00 e. The molecule has 1 aromatic rings. The number of ether oxygens (including phenoxy) is 1. The molecule has 1 aromatic carbocycles. The summed E-state index contributed by atoms with van der Waals surface area (Å²) in [4.78, 5) is 22.2. The van der Waals surface area contributed by atoms with E-state index in [2.05, 4.69) is 5.32 Å². The molecule has 0 heterocycles. The van der Waals surface area contributed by atoms with Gasteiger partial charge in [-0.25, -0.2) is 0 Å². The number of aldehydes is 1. The van der Waals surface area contributed by atoms with Crippen LogP contribution in [0.15, 0.2) is 30.3 Å². The van der Waals surface area contributed by atoms with Crippen molar-refractivity contribution in [3.8, 4) is 0 Å². The normalized spacial score (nSPS) is 10.8. The van der Waals surface area contributed by atoms with Crippen LogP contribution < -0.4 is 12.4 Å². The summed E-state index contributed by atoms with van der Waals surface area (Å²) in [5, 5.41) is 3.72. The van der Waals surface area contributed by atoms with Crippen molar-refractivity contribution in [1.82, 2.24) is 0 Å². The summed E-state index contributed by atoms with van der Waals surface area (Å²) < 4.78 is 4.98. The summed E-state index contributed by atoms with van der Waals surface area (Å²) in [6.07, 6.45) is 0.560. The number of rotatable bonds is 6. The molecule has 106 valence electrons. The zero-order valence-electron chi connectivity index (χ0n) is 11.8. The molecule has 4 nitrogen and oxygen atoms in total. The topological polar surface area (TPSA) is 57.5 Å². The second-order valence-electron chi connectivity index (χ2n) is 4.50. The van der Waals surface area contributed by atoms with Crippen molar-refractivity contribution >= 4 is 35.4 Å². The minimum absolute atomic E-state index is 0. The van der Waals surface area contributed by atoms with Gasteiger partial charge in [0.05, 0.1) is 0 Å². The third-order valence-corrected chi connectivity index (χ3v) is 2.35. The van der Waals surface area contributed by atoms with E-state index in [9.17, 15) is 9.59 Å². The van der Waals surface area contributed by atoms with E-state index in [1.165, 1.54) is 0 Å². The molecule has 0 unspecified atom stereocenters. The Kier molecular flexibility index (Phi) is 12.9. The molecule has 6 heteroatoms. The van der Waals surface area contributed by atoms with Gasteiger partial charge in [0, 0.05) is 0 Å². The summed E-state index contributed by atoms with van der Waals surface area (Å²) in [6.45, 7) is 4.12. The van der Waals surface area contributed by atoms with Crippen molar-refractivity contribution in [1.29, 1.82) is 0 Å². The van der Waals surface area contributed by atoms with E-state index in [1.54, 1.807) is 0 Å². The van der Waals surface area contributed by atoms with Gasteiger partial charge >= 0.3 is 23.1 Å². The summed E-state index contributed by atoms with van der Waals surface area (Å²) in [6, 6.07) is 8.74. The van der Waals surface area contributed by atoms with E-state index in [0.717, 1.165) is 5.56 Å². The molecule has 1 atom stereocenters. The number of nitrogens with zero attached hydrogens (tertiary/aromatic N) is 1. The molecular formula is C14H18ClMgNO3. The Labute approximate surface area is 142 Å². The number of hydrogen-bond donors (Lipinski definition) is 0. The first-order chi connectivity index (χ1) is 8.61. The van der Waals surface area contributed by atoms with E-state index >= 15 is 0 Å². The van der Waals surface area contributed by atoms with E-state index in [1.807, 2.05) is 44.2 Å². The van der Waals surface area contributed by atoms with E-state index in [0.29, 0.717) is 18.6 Å². The molecular weight excluding hydrogens is 290 g/mol. The van der Waals surface area contributed by atoms with Gasteiger partial charge in [0.15, 0.2) is 0 Å². The fourth-order valence-corrected chi connectivity index (χ4v) is 1.51. The molecule has 0 spiro atoms. The van der Waals surface area contributed by atoms with Crippen LogP contribution in [0.25, 0.3) is 5.32 Å². The molecule has 0 fully saturated rings. The average Bonchev–Trinajstić information content (AvgIpc) is 2.36. The van der Waals surface area contributed by atoms with Gasteiger partial charge in [0.25, 0.3) is 0 Å². The number of carbonyl (C=O) groups is 2. The van der Waals surface area contributed by atoms with Crippen LogP contribution >= 0.6 is 0 Å². The summed E-state index contributed by atoms with van der Waals surface area (Å²) in [5.74, 6) is 0.311. The summed E-state index contributed by atoms with van der Waals surface area (Å²) in [7, 11) is 0. The van der Waals surface area contributed by atoms with Crippen molar-refractivity contribution < 1.29 is 26.7 Å². The standard InChI is InChI=1S/C14H19NO3.ClH.Mg/c1-11(2)8-13(9-16)15-14(17)18-10-12-6-4-3-5-7-12;;/h3-7,9,11,13H,8,10H2,1-2H3,(H,15,17);1H;/q;;+2/p-2/t13-;;/m0../s1. The Morgan fingerprint density at radius 1 is 1.30 bits per heavy atom. The molecule has 1 rings (SSSR count). The molecule has 0 radical (unpaired) electrons. The molecule has 0 saturated heterocycles. The van der Waals surface area contributed by atoms with Crippen LogP contribution in [-0.2, 0) is 16.1 Å². The van der Waals surface area contributed by atoms with E-state index in [4.69, 9.17) is 4.74 Å². The quantitative estimate of drug-likeness (QED) is 0.546. The third kappa shape index (κ3) is 9.17. The second kappa shape index (κ2) is 12.0. The molecule has 0 aromatic heterocycles. The van der Waals surface area contributed by atoms with Crippen molar-refractivity contribution in [3.05, 3.63) is 41.2 Å². The van der Waals surface area contributed by atoms with E-state index < -0.39 is 12.1 Å². The first-order valence-corrected chi connectivity index (χ1v) is 5.98. The zero-order chi connectivity index (χ0) is 13.4. The predicted molar refractivity (Wildman–Crippen MR) is 75.0 cm³/mol. The van der Waals surface area contributed by atoms with Crippen LogP contribution in [0, 0.1) is 5.92 Å². The molecule has 0 saturated carbocycles. The van der Waals surface area contributed by atoms with Gasteiger partial charge < -0.3 is 27.3 Å². The van der Waals surface area contributed by atoms with Crippen molar-refractivity contribution in [3.63, 3.8) is 0 Å². The van der Waals surface area contributed by atoms with Gasteiger partial charge in [-0.2, -0.15) is 0 Å². The Hall–Kier alpha value is -0.784. The summed E-state index contributed by atoms with van der Waals surface area (Å²) in [5.41, 5.74) is 0.896. The molecule has 0 aliphatic heterocycles.